The highest BCUT2D eigenvalue weighted by Gasteiger charge is 2.49. The number of rotatable bonds is 7. The zero-order valence-corrected chi connectivity index (χ0v) is 12.4. The van der Waals surface area contributed by atoms with Crippen molar-refractivity contribution in [2.24, 2.45) is 35.3 Å². The van der Waals surface area contributed by atoms with Crippen molar-refractivity contribution in [1.82, 2.24) is 0 Å². The molecule has 4 bridgehead atoms. The summed E-state index contributed by atoms with van der Waals surface area (Å²) in [5, 5.41) is 0. The number of hydrogen-bond acceptors (Lipinski definition) is 1. The van der Waals surface area contributed by atoms with Crippen LogP contribution in [-0.4, -0.2) is 6.04 Å². The normalized spacial score (nSPS) is 41.4. The number of unbranched alkanes of at least 4 members (excludes halogenated alkanes) is 3. The maximum atomic E-state index is 6.59. The van der Waals surface area contributed by atoms with Crippen molar-refractivity contribution >= 4 is 0 Å². The molecule has 4 rings (SSSR count). The van der Waals surface area contributed by atoms with Gasteiger partial charge in [0.05, 0.1) is 0 Å². The van der Waals surface area contributed by atoms with Gasteiger partial charge in [0.25, 0.3) is 0 Å². The van der Waals surface area contributed by atoms with Gasteiger partial charge < -0.3 is 5.73 Å². The Balaban J connectivity index is 1.47. The lowest BCUT2D eigenvalue weighted by atomic mass is 9.50. The smallest absolute Gasteiger partial charge is 0.00724 e. The minimum absolute atomic E-state index is 0.499. The van der Waals surface area contributed by atoms with Crippen LogP contribution in [0.15, 0.2) is 12.7 Å². The van der Waals surface area contributed by atoms with E-state index < -0.39 is 0 Å². The summed E-state index contributed by atoms with van der Waals surface area (Å²) in [6.45, 7) is 3.79. The molecule has 0 radical (unpaired) electrons. The Morgan fingerprint density at radius 3 is 2.16 bits per heavy atom. The van der Waals surface area contributed by atoms with E-state index >= 15 is 0 Å². The molecule has 4 aliphatic carbocycles. The minimum atomic E-state index is 0.499. The minimum Gasteiger partial charge on any atom is -0.327 e. The third kappa shape index (κ3) is 2.91. The first-order valence-corrected chi connectivity index (χ1v) is 8.64. The third-order valence-corrected chi connectivity index (χ3v) is 6.24. The molecule has 1 heteroatoms. The summed E-state index contributed by atoms with van der Waals surface area (Å²) in [5.41, 5.74) is 6.59. The lowest BCUT2D eigenvalue weighted by molar-refractivity contribution is -0.0477. The van der Waals surface area contributed by atoms with Gasteiger partial charge in [-0.2, -0.15) is 0 Å². The van der Waals surface area contributed by atoms with E-state index in [1.807, 2.05) is 6.08 Å². The van der Waals surface area contributed by atoms with Crippen LogP contribution in [0, 0.1) is 29.6 Å². The molecule has 1 atom stereocenters. The van der Waals surface area contributed by atoms with Crippen LogP contribution in [0.4, 0.5) is 0 Å². The van der Waals surface area contributed by atoms with Crippen molar-refractivity contribution in [1.29, 1.82) is 0 Å². The predicted octanol–water partition coefficient (Wildman–Crippen LogP) is 4.52. The van der Waals surface area contributed by atoms with Gasteiger partial charge in [-0.15, -0.1) is 6.58 Å². The van der Waals surface area contributed by atoms with E-state index in [1.165, 1.54) is 57.8 Å². The highest BCUT2D eigenvalue weighted by molar-refractivity contribution is 5.00. The zero-order valence-electron chi connectivity index (χ0n) is 12.4. The maximum absolute atomic E-state index is 6.59. The molecule has 0 aliphatic heterocycles. The van der Waals surface area contributed by atoms with Crippen molar-refractivity contribution in [2.75, 3.05) is 0 Å². The average Bonchev–Trinajstić information content (AvgIpc) is 2.37. The Morgan fingerprint density at radius 1 is 0.947 bits per heavy atom. The maximum Gasteiger partial charge on any atom is 0.00724 e. The van der Waals surface area contributed by atoms with Crippen LogP contribution in [0.5, 0.6) is 0 Å². The van der Waals surface area contributed by atoms with Gasteiger partial charge >= 0.3 is 0 Å². The van der Waals surface area contributed by atoms with Crippen LogP contribution in [0.3, 0.4) is 0 Å². The molecule has 0 aromatic carbocycles. The molecule has 0 saturated heterocycles. The largest absolute Gasteiger partial charge is 0.327 e. The second-order valence-corrected chi connectivity index (χ2v) is 7.60. The molecular weight excluding hydrogens is 230 g/mol. The molecule has 0 amide bonds. The van der Waals surface area contributed by atoms with Crippen molar-refractivity contribution < 1.29 is 0 Å². The van der Waals surface area contributed by atoms with Crippen molar-refractivity contribution in [3.8, 4) is 0 Å². The molecule has 0 spiro atoms. The third-order valence-electron chi connectivity index (χ3n) is 6.24. The van der Waals surface area contributed by atoms with E-state index in [0.717, 1.165) is 29.6 Å². The van der Waals surface area contributed by atoms with E-state index in [4.69, 9.17) is 5.73 Å². The monoisotopic (exact) mass is 261 g/mol. The number of allylic oxidation sites excluding steroid dienone is 1. The molecular formula is C18H31N. The molecule has 0 aromatic heterocycles. The summed E-state index contributed by atoms with van der Waals surface area (Å²) in [7, 11) is 0. The fourth-order valence-corrected chi connectivity index (χ4v) is 5.70. The first-order chi connectivity index (χ1) is 9.28. The van der Waals surface area contributed by atoms with Crippen LogP contribution in [-0.2, 0) is 0 Å². The van der Waals surface area contributed by atoms with Gasteiger partial charge in [-0.1, -0.05) is 18.9 Å². The Hall–Kier alpha value is -0.300. The molecule has 2 N–H and O–H groups in total. The van der Waals surface area contributed by atoms with Gasteiger partial charge in [0, 0.05) is 6.04 Å². The molecule has 1 nitrogen and oxygen atoms in total. The second kappa shape index (κ2) is 5.99. The molecule has 4 saturated carbocycles. The van der Waals surface area contributed by atoms with Crippen molar-refractivity contribution in [3.05, 3.63) is 12.7 Å². The molecule has 108 valence electrons. The van der Waals surface area contributed by atoms with Gasteiger partial charge in [-0.3, -0.25) is 0 Å². The Bertz CT molecular complexity index is 281. The summed E-state index contributed by atoms with van der Waals surface area (Å²) in [4.78, 5) is 0. The first kappa shape index (κ1) is 13.7. The Kier molecular flexibility index (Phi) is 4.31. The molecule has 0 aromatic rings. The molecule has 1 unspecified atom stereocenters. The van der Waals surface area contributed by atoms with E-state index in [0.29, 0.717) is 6.04 Å². The SMILES string of the molecule is C=CCCCCCC(N)C1C2CC3CC(C2)CC1C3. The first-order valence-electron chi connectivity index (χ1n) is 8.64. The summed E-state index contributed by atoms with van der Waals surface area (Å²) in [6.07, 6.45) is 16.1. The standard InChI is InChI=1S/C18H31N/c1-2-3-4-5-6-7-17(19)18-15-9-13-8-14(11-15)12-16(18)10-13/h2,13-18H,1,3-12,19H2. The van der Waals surface area contributed by atoms with Crippen LogP contribution >= 0.6 is 0 Å². The van der Waals surface area contributed by atoms with Gasteiger partial charge in [0.2, 0.25) is 0 Å². The Morgan fingerprint density at radius 2 is 1.58 bits per heavy atom. The van der Waals surface area contributed by atoms with Crippen LogP contribution in [0.1, 0.15) is 64.2 Å². The van der Waals surface area contributed by atoms with Gasteiger partial charge in [0.1, 0.15) is 0 Å². The highest BCUT2D eigenvalue weighted by Crippen LogP contribution is 2.57. The quantitative estimate of drug-likeness (QED) is 0.529. The van der Waals surface area contributed by atoms with Gasteiger partial charge in [-0.25, -0.2) is 0 Å². The van der Waals surface area contributed by atoms with E-state index in [-0.39, 0.29) is 0 Å². The Labute approximate surface area is 119 Å². The fraction of sp³-hybridized carbons (Fsp3) is 0.889. The summed E-state index contributed by atoms with van der Waals surface area (Å²) >= 11 is 0. The molecule has 19 heavy (non-hydrogen) atoms. The van der Waals surface area contributed by atoms with E-state index in [1.54, 1.807) is 6.42 Å². The predicted molar refractivity (Wildman–Crippen MR) is 81.8 cm³/mol. The topological polar surface area (TPSA) is 26.0 Å². The van der Waals surface area contributed by atoms with Crippen LogP contribution in [0.25, 0.3) is 0 Å². The average molecular weight is 261 g/mol. The number of nitrogens with two attached hydrogens (primary N) is 1. The van der Waals surface area contributed by atoms with Crippen molar-refractivity contribution in [3.63, 3.8) is 0 Å². The summed E-state index contributed by atoms with van der Waals surface area (Å²) in [6, 6.07) is 0.499. The molecule has 4 aliphatic rings. The van der Waals surface area contributed by atoms with E-state index in [9.17, 15) is 0 Å². The number of hydrogen-bond donors (Lipinski definition) is 1. The second-order valence-electron chi connectivity index (χ2n) is 7.60. The molecule has 4 fully saturated rings. The van der Waals surface area contributed by atoms with Gasteiger partial charge in [-0.05, 0) is 81.0 Å². The lowest BCUT2D eigenvalue weighted by Crippen LogP contribution is -2.51. The lowest BCUT2D eigenvalue weighted by Gasteiger charge is -2.56. The fourth-order valence-electron chi connectivity index (χ4n) is 5.70. The van der Waals surface area contributed by atoms with E-state index in [2.05, 4.69) is 6.58 Å². The van der Waals surface area contributed by atoms with Crippen molar-refractivity contribution in [2.45, 2.75) is 70.3 Å². The van der Waals surface area contributed by atoms with Gasteiger partial charge in [0.15, 0.2) is 0 Å². The molecule has 0 heterocycles. The summed E-state index contributed by atoms with van der Waals surface area (Å²) in [5.74, 6) is 5.04. The summed E-state index contributed by atoms with van der Waals surface area (Å²) < 4.78 is 0. The highest BCUT2D eigenvalue weighted by atomic mass is 14.7. The van der Waals surface area contributed by atoms with Crippen LogP contribution < -0.4 is 5.73 Å². The zero-order chi connectivity index (χ0) is 13.2. The van der Waals surface area contributed by atoms with Crippen LogP contribution in [0.2, 0.25) is 0 Å².